The molecule has 204 valence electrons. The maximum absolute atomic E-state index is 14.5. The SMILES string of the molecule is CCOc1ccc2[nH]c(=O)c([C@@H](c3nnnn3C[C@@H]3CCCO3)N3CCN(c4ccccc4F)CC3)cc2c1. The van der Waals surface area contributed by atoms with Gasteiger partial charge in [-0.2, -0.15) is 0 Å². The second-order valence-corrected chi connectivity index (χ2v) is 9.97. The smallest absolute Gasteiger partial charge is 0.253 e. The van der Waals surface area contributed by atoms with Crippen molar-refractivity contribution in [3.63, 3.8) is 0 Å². The molecule has 2 aromatic carbocycles. The predicted octanol–water partition coefficient (Wildman–Crippen LogP) is 3.14. The topological polar surface area (TPSA) is 101 Å². The first-order chi connectivity index (χ1) is 19.1. The van der Waals surface area contributed by atoms with Crippen LogP contribution in [0.5, 0.6) is 5.75 Å². The fraction of sp³-hybridized carbons (Fsp3) is 0.429. The van der Waals surface area contributed by atoms with Crippen LogP contribution in [0.15, 0.2) is 53.3 Å². The number of anilines is 1. The molecule has 0 saturated carbocycles. The number of benzene rings is 2. The van der Waals surface area contributed by atoms with Crippen molar-refractivity contribution in [1.82, 2.24) is 30.1 Å². The van der Waals surface area contributed by atoms with Crippen LogP contribution >= 0.6 is 0 Å². The van der Waals surface area contributed by atoms with Crippen molar-refractivity contribution in [3.05, 3.63) is 76.1 Å². The summed E-state index contributed by atoms with van der Waals surface area (Å²) in [6.45, 7) is 6.14. The highest BCUT2D eigenvalue weighted by molar-refractivity contribution is 5.80. The molecule has 0 unspecified atom stereocenters. The minimum absolute atomic E-state index is 0.0365. The van der Waals surface area contributed by atoms with Crippen molar-refractivity contribution in [3.8, 4) is 5.75 Å². The van der Waals surface area contributed by atoms with E-state index >= 15 is 0 Å². The van der Waals surface area contributed by atoms with Crippen LogP contribution in [0, 0.1) is 5.82 Å². The number of aromatic amines is 1. The second-order valence-electron chi connectivity index (χ2n) is 9.97. The number of nitrogens with one attached hydrogen (secondary N) is 1. The van der Waals surface area contributed by atoms with E-state index in [-0.39, 0.29) is 17.5 Å². The molecule has 2 aliphatic rings. The lowest BCUT2D eigenvalue weighted by Gasteiger charge is -2.39. The van der Waals surface area contributed by atoms with Crippen molar-refractivity contribution >= 4 is 16.6 Å². The quantitative estimate of drug-likeness (QED) is 0.369. The van der Waals surface area contributed by atoms with Crippen LogP contribution < -0.4 is 15.2 Å². The number of H-pyrrole nitrogens is 1. The molecular weight excluding hydrogens is 501 g/mol. The van der Waals surface area contributed by atoms with Gasteiger partial charge in [0.15, 0.2) is 5.82 Å². The van der Waals surface area contributed by atoms with Crippen LogP contribution in [0.25, 0.3) is 10.9 Å². The molecule has 0 amide bonds. The Balaban J connectivity index is 1.37. The Labute approximate surface area is 225 Å². The van der Waals surface area contributed by atoms with Crippen LogP contribution in [-0.2, 0) is 11.3 Å². The van der Waals surface area contributed by atoms with Gasteiger partial charge in [-0.3, -0.25) is 9.69 Å². The zero-order valence-corrected chi connectivity index (χ0v) is 21.9. The third-order valence-electron chi connectivity index (χ3n) is 7.53. The first kappa shape index (κ1) is 25.4. The first-order valence-electron chi connectivity index (χ1n) is 13.5. The lowest BCUT2D eigenvalue weighted by atomic mass is 10.0. The predicted molar refractivity (Wildman–Crippen MR) is 145 cm³/mol. The zero-order chi connectivity index (χ0) is 26.8. The first-order valence-corrected chi connectivity index (χ1v) is 13.5. The molecule has 0 bridgehead atoms. The maximum atomic E-state index is 14.5. The summed E-state index contributed by atoms with van der Waals surface area (Å²) in [6.07, 6.45) is 1.99. The van der Waals surface area contributed by atoms with Crippen molar-refractivity contribution in [2.75, 3.05) is 44.3 Å². The molecule has 0 radical (unpaired) electrons. The number of rotatable bonds is 8. The molecule has 1 N–H and O–H groups in total. The molecule has 2 aromatic heterocycles. The van der Waals surface area contributed by atoms with Gasteiger partial charge < -0.3 is 19.4 Å². The van der Waals surface area contributed by atoms with E-state index in [9.17, 15) is 9.18 Å². The molecule has 2 fully saturated rings. The average Bonchev–Trinajstić information content (AvgIpc) is 3.63. The van der Waals surface area contributed by atoms with E-state index < -0.39 is 6.04 Å². The van der Waals surface area contributed by atoms with E-state index in [0.717, 1.165) is 36.1 Å². The van der Waals surface area contributed by atoms with Gasteiger partial charge in [0.05, 0.1) is 24.9 Å². The van der Waals surface area contributed by atoms with Crippen LogP contribution in [0.1, 0.15) is 37.2 Å². The third-order valence-corrected chi connectivity index (χ3v) is 7.53. The van der Waals surface area contributed by atoms with Crippen LogP contribution in [0.3, 0.4) is 0 Å². The fourth-order valence-corrected chi connectivity index (χ4v) is 5.61. The van der Waals surface area contributed by atoms with E-state index in [1.165, 1.54) is 6.07 Å². The lowest BCUT2D eigenvalue weighted by Crippen LogP contribution is -2.49. The fourth-order valence-electron chi connectivity index (χ4n) is 5.61. The standard InChI is InChI=1S/C28H32FN7O3/c1-2-38-20-9-10-24-19(16-20)17-22(28(37)30-24)26(27-31-32-33-36(27)18-21-6-5-15-39-21)35-13-11-34(12-14-35)25-8-4-3-7-23(25)29/h3-4,7-10,16-17,21,26H,2,5-6,11-15,18H2,1H3,(H,30,37)/t21-,26-/m0/s1. The van der Waals surface area contributed by atoms with E-state index in [1.54, 1.807) is 16.8 Å². The molecule has 6 rings (SSSR count). The summed E-state index contributed by atoms with van der Waals surface area (Å²) in [7, 11) is 0. The number of nitrogens with zero attached hydrogens (tertiary/aromatic N) is 6. The highest BCUT2D eigenvalue weighted by Gasteiger charge is 2.34. The molecule has 11 heteroatoms. The van der Waals surface area contributed by atoms with Crippen LogP contribution in [0.4, 0.5) is 10.1 Å². The number of ether oxygens (including phenoxy) is 2. The van der Waals surface area contributed by atoms with Gasteiger partial charge in [0.1, 0.15) is 17.6 Å². The van der Waals surface area contributed by atoms with Gasteiger partial charge in [-0.15, -0.1) is 5.10 Å². The summed E-state index contributed by atoms with van der Waals surface area (Å²) in [5.74, 6) is 1.09. The number of tetrazole rings is 1. The Morgan fingerprint density at radius 2 is 2.00 bits per heavy atom. The highest BCUT2D eigenvalue weighted by Crippen LogP contribution is 2.30. The van der Waals surface area contributed by atoms with Gasteiger partial charge in [0, 0.05) is 49.3 Å². The molecule has 2 atom stereocenters. The summed E-state index contributed by atoms with van der Waals surface area (Å²) < 4.78 is 27.8. The summed E-state index contributed by atoms with van der Waals surface area (Å²) in [4.78, 5) is 20.8. The van der Waals surface area contributed by atoms with Crippen LogP contribution in [0.2, 0.25) is 0 Å². The molecule has 10 nitrogen and oxygen atoms in total. The number of para-hydroxylation sites is 1. The Morgan fingerprint density at radius 1 is 1.15 bits per heavy atom. The maximum Gasteiger partial charge on any atom is 0.253 e. The molecule has 39 heavy (non-hydrogen) atoms. The Hall–Kier alpha value is -3.83. The molecule has 2 aliphatic heterocycles. The van der Waals surface area contributed by atoms with Gasteiger partial charge in [-0.25, -0.2) is 9.07 Å². The summed E-state index contributed by atoms with van der Waals surface area (Å²) in [5.41, 5.74) is 1.68. The molecular formula is C28H32FN7O3. The van der Waals surface area contributed by atoms with Crippen molar-refractivity contribution in [2.45, 2.75) is 38.5 Å². The monoisotopic (exact) mass is 533 g/mol. The summed E-state index contributed by atoms with van der Waals surface area (Å²) in [5, 5.41) is 13.6. The molecule has 2 saturated heterocycles. The van der Waals surface area contributed by atoms with Crippen molar-refractivity contribution in [1.29, 1.82) is 0 Å². The Bertz CT molecular complexity index is 1490. The van der Waals surface area contributed by atoms with E-state index in [0.29, 0.717) is 56.4 Å². The minimum Gasteiger partial charge on any atom is -0.494 e. The minimum atomic E-state index is -0.493. The average molecular weight is 534 g/mol. The number of hydrogen-bond donors (Lipinski definition) is 1. The van der Waals surface area contributed by atoms with Gasteiger partial charge in [-0.05, 0) is 66.6 Å². The normalized spacial score (nSPS) is 19.0. The number of hydrogen-bond acceptors (Lipinski definition) is 8. The van der Waals surface area contributed by atoms with Gasteiger partial charge in [-0.1, -0.05) is 12.1 Å². The van der Waals surface area contributed by atoms with Crippen LogP contribution in [-0.4, -0.2) is 75.6 Å². The second kappa shape index (κ2) is 11.1. The van der Waals surface area contributed by atoms with Crippen molar-refractivity contribution < 1.29 is 13.9 Å². The summed E-state index contributed by atoms with van der Waals surface area (Å²) >= 11 is 0. The summed E-state index contributed by atoms with van der Waals surface area (Å²) in [6, 6.07) is 13.9. The number of fused-ring (bicyclic) bond motifs is 1. The largest absolute Gasteiger partial charge is 0.494 e. The zero-order valence-electron chi connectivity index (χ0n) is 21.9. The van der Waals surface area contributed by atoms with Gasteiger partial charge in [0.25, 0.3) is 5.56 Å². The van der Waals surface area contributed by atoms with Gasteiger partial charge in [0.2, 0.25) is 0 Å². The number of pyridine rings is 1. The van der Waals surface area contributed by atoms with E-state index in [2.05, 4.69) is 25.4 Å². The molecule has 0 spiro atoms. The third kappa shape index (κ3) is 5.24. The van der Waals surface area contributed by atoms with E-state index in [4.69, 9.17) is 9.47 Å². The Morgan fingerprint density at radius 3 is 2.77 bits per heavy atom. The van der Waals surface area contributed by atoms with Gasteiger partial charge >= 0.3 is 0 Å². The number of piperazine rings is 1. The number of halogens is 1. The van der Waals surface area contributed by atoms with E-state index in [1.807, 2.05) is 42.2 Å². The van der Waals surface area contributed by atoms with Crippen molar-refractivity contribution in [2.24, 2.45) is 0 Å². The lowest BCUT2D eigenvalue weighted by molar-refractivity contribution is 0.0906. The number of aromatic nitrogens is 5. The Kier molecular flexibility index (Phi) is 7.25. The highest BCUT2D eigenvalue weighted by atomic mass is 19.1. The molecule has 4 heterocycles. The molecule has 4 aromatic rings. The molecule has 0 aliphatic carbocycles.